The van der Waals surface area contributed by atoms with E-state index in [0.717, 1.165) is 17.5 Å². The molecule has 1 N–H and O–H groups in total. The molecule has 0 saturated carbocycles. The number of anilines is 1. The first-order valence-corrected chi connectivity index (χ1v) is 7.84. The van der Waals surface area contributed by atoms with Gasteiger partial charge in [-0.2, -0.15) is 0 Å². The van der Waals surface area contributed by atoms with Crippen LogP contribution in [0, 0.1) is 12.7 Å². The fourth-order valence-electron chi connectivity index (χ4n) is 2.75. The van der Waals surface area contributed by atoms with E-state index in [-0.39, 0.29) is 17.9 Å². The molecule has 0 spiro atoms. The minimum absolute atomic E-state index is 0.143. The van der Waals surface area contributed by atoms with Gasteiger partial charge >= 0.3 is 0 Å². The Kier molecular flexibility index (Phi) is 4.18. The van der Waals surface area contributed by atoms with Crippen LogP contribution in [0.1, 0.15) is 25.0 Å². The number of benzene rings is 2. The van der Waals surface area contributed by atoms with Crippen molar-refractivity contribution < 1.29 is 18.7 Å². The van der Waals surface area contributed by atoms with Crippen molar-refractivity contribution in [3.63, 3.8) is 0 Å². The Labute approximate surface area is 140 Å². The molecule has 1 heterocycles. The molecule has 0 radical (unpaired) electrons. The average molecular weight is 329 g/mol. The number of hydrogen-bond acceptors (Lipinski definition) is 3. The van der Waals surface area contributed by atoms with E-state index in [2.05, 4.69) is 5.32 Å². The number of hydrogen-bond donors (Lipinski definition) is 1. The molecule has 4 nitrogen and oxygen atoms in total. The molecule has 0 bridgehead atoms. The smallest absolute Gasteiger partial charge is 0.262 e. The predicted molar refractivity (Wildman–Crippen MR) is 90.1 cm³/mol. The van der Waals surface area contributed by atoms with Crippen molar-refractivity contribution in [2.75, 3.05) is 11.9 Å². The molecule has 2 aromatic rings. The Morgan fingerprint density at radius 2 is 2.12 bits per heavy atom. The zero-order valence-electron chi connectivity index (χ0n) is 14.0. The SMILES string of the molecule is Cc1ccc(NC(=O)COc2cccc3c2OC(C)(C)C3)c(F)c1. The van der Waals surface area contributed by atoms with Crippen LogP contribution in [0.15, 0.2) is 36.4 Å². The maximum atomic E-state index is 13.8. The summed E-state index contributed by atoms with van der Waals surface area (Å²) in [4.78, 5) is 12.0. The third-order valence-electron chi connectivity index (χ3n) is 3.81. The van der Waals surface area contributed by atoms with Crippen LogP contribution in [0.25, 0.3) is 0 Å². The quantitative estimate of drug-likeness (QED) is 0.926. The lowest BCUT2D eigenvalue weighted by Crippen LogP contribution is -2.25. The third kappa shape index (κ3) is 3.50. The molecular weight excluding hydrogens is 309 g/mol. The maximum Gasteiger partial charge on any atom is 0.262 e. The zero-order valence-corrected chi connectivity index (χ0v) is 14.0. The summed E-state index contributed by atoms with van der Waals surface area (Å²) in [6, 6.07) is 10.3. The molecular formula is C19H20FNO3. The third-order valence-corrected chi connectivity index (χ3v) is 3.81. The Balaban J connectivity index is 1.65. The van der Waals surface area contributed by atoms with Gasteiger partial charge in [0, 0.05) is 12.0 Å². The molecule has 0 atom stereocenters. The van der Waals surface area contributed by atoms with Gasteiger partial charge in [-0.1, -0.05) is 18.2 Å². The summed E-state index contributed by atoms with van der Waals surface area (Å²) in [5.41, 5.74) is 1.71. The van der Waals surface area contributed by atoms with Gasteiger partial charge in [0.1, 0.15) is 11.4 Å². The number of fused-ring (bicyclic) bond motifs is 1. The number of carbonyl (C=O) groups is 1. The van der Waals surface area contributed by atoms with E-state index in [1.54, 1.807) is 19.1 Å². The molecule has 5 heteroatoms. The Hall–Kier alpha value is -2.56. The highest BCUT2D eigenvalue weighted by Gasteiger charge is 2.32. The molecule has 0 aromatic heterocycles. The highest BCUT2D eigenvalue weighted by atomic mass is 19.1. The minimum atomic E-state index is -0.464. The summed E-state index contributed by atoms with van der Waals surface area (Å²) in [6.45, 7) is 5.58. The first kappa shape index (κ1) is 16.3. The standard InChI is InChI=1S/C19H20FNO3/c1-12-7-8-15(14(20)9-12)21-17(22)11-23-16-6-4-5-13-10-19(2,3)24-18(13)16/h4-9H,10-11H2,1-3H3,(H,21,22). The first-order valence-electron chi connectivity index (χ1n) is 7.84. The molecule has 1 amide bonds. The van der Waals surface area contributed by atoms with Crippen molar-refractivity contribution in [2.45, 2.75) is 32.8 Å². The van der Waals surface area contributed by atoms with Crippen molar-refractivity contribution in [1.82, 2.24) is 0 Å². The van der Waals surface area contributed by atoms with Gasteiger partial charge in [-0.3, -0.25) is 4.79 Å². The van der Waals surface area contributed by atoms with Gasteiger partial charge in [0.05, 0.1) is 5.69 Å². The molecule has 126 valence electrons. The normalized spacial score (nSPS) is 14.7. The first-order chi connectivity index (χ1) is 11.3. The number of nitrogens with one attached hydrogen (secondary N) is 1. The van der Waals surface area contributed by atoms with Gasteiger partial charge in [-0.25, -0.2) is 4.39 Å². The number of ether oxygens (including phenoxy) is 2. The molecule has 24 heavy (non-hydrogen) atoms. The van der Waals surface area contributed by atoms with Crippen molar-refractivity contribution in [2.24, 2.45) is 0 Å². The van der Waals surface area contributed by atoms with E-state index in [0.29, 0.717) is 11.5 Å². The van der Waals surface area contributed by atoms with Crippen molar-refractivity contribution in [1.29, 1.82) is 0 Å². The van der Waals surface area contributed by atoms with Crippen LogP contribution < -0.4 is 14.8 Å². The molecule has 1 aliphatic rings. The monoisotopic (exact) mass is 329 g/mol. The van der Waals surface area contributed by atoms with E-state index < -0.39 is 11.7 Å². The highest BCUT2D eigenvalue weighted by molar-refractivity contribution is 5.92. The zero-order chi connectivity index (χ0) is 17.3. The predicted octanol–water partition coefficient (Wildman–Crippen LogP) is 3.87. The lowest BCUT2D eigenvalue weighted by Gasteiger charge is -2.18. The lowest BCUT2D eigenvalue weighted by atomic mass is 10.0. The largest absolute Gasteiger partial charge is 0.483 e. The summed E-state index contributed by atoms with van der Waals surface area (Å²) >= 11 is 0. The number of rotatable bonds is 4. The lowest BCUT2D eigenvalue weighted by molar-refractivity contribution is -0.118. The second-order valence-corrected chi connectivity index (χ2v) is 6.60. The fourth-order valence-corrected chi connectivity index (χ4v) is 2.75. The van der Waals surface area contributed by atoms with Gasteiger partial charge in [0.25, 0.3) is 5.91 Å². The van der Waals surface area contributed by atoms with Gasteiger partial charge in [0.15, 0.2) is 18.1 Å². The van der Waals surface area contributed by atoms with E-state index in [1.807, 2.05) is 26.0 Å². The fraction of sp³-hybridized carbons (Fsp3) is 0.316. The van der Waals surface area contributed by atoms with Crippen molar-refractivity contribution in [3.8, 4) is 11.5 Å². The molecule has 0 saturated heterocycles. The topological polar surface area (TPSA) is 47.6 Å². The molecule has 0 aliphatic carbocycles. The summed E-state index contributed by atoms with van der Waals surface area (Å²) in [7, 11) is 0. The van der Waals surface area contributed by atoms with Gasteiger partial charge in [-0.05, 0) is 44.5 Å². The second-order valence-electron chi connectivity index (χ2n) is 6.60. The Morgan fingerprint density at radius 1 is 1.33 bits per heavy atom. The van der Waals surface area contributed by atoms with E-state index in [1.165, 1.54) is 12.1 Å². The summed E-state index contributed by atoms with van der Waals surface area (Å²) in [6.07, 6.45) is 0.792. The minimum Gasteiger partial charge on any atom is -0.483 e. The van der Waals surface area contributed by atoms with E-state index in [4.69, 9.17) is 9.47 Å². The van der Waals surface area contributed by atoms with Gasteiger partial charge in [-0.15, -0.1) is 0 Å². The van der Waals surface area contributed by atoms with E-state index in [9.17, 15) is 9.18 Å². The van der Waals surface area contributed by atoms with E-state index >= 15 is 0 Å². The average Bonchev–Trinajstić information content (AvgIpc) is 2.82. The van der Waals surface area contributed by atoms with Crippen LogP contribution in [0.3, 0.4) is 0 Å². The second kappa shape index (κ2) is 6.15. The van der Waals surface area contributed by atoms with Gasteiger partial charge in [0.2, 0.25) is 0 Å². The summed E-state index contributed by atoms with van der Waals surface area (Å²) < 4.78 is 25.2. The van der Waals surface area contributed by atoms with Crippen LogP contribution in [-0.2, 0) is 11.2 Å². The Bertz CT molecular complexity index is 786. The maximum absolute atomic E-state index is 13.8. The highest BCUT2D eigenvalue weighted by Crippen LogP contribution is 2.41. The van der Waals surface area contributed by atoms with Crippen molar-refractivity contribution in [3.05, 3.63) is 53.3 Å². The molecule has 0 fully saturated rings. The van der Waals surface area contributed by atoms with Gasteiger partial charge < -0.3 is 14.8 Å². The molecule has 1 aliphatic heterocycles. The van der Waals surface area contributed by atoms with Crippen molar-refractivity contribution >= 4 is 11.6 Å². The van der Waals surface area contributed by atoms with Crippen LogP contribution >= 0.6 is 0 Å². The molecule has 0 unspecified atom stereocenters. The number of aryl methyl sites for hydroxylation is 1. The number of para-hydroxylation sites is 1. The van der Waals surface area contributed by atoms with Crippen LogP contribution in [0.5, 0.6) is 11.5 Å². The van der Waals surface area contributed by atoms with Crippen LogP contribution in [0.2, 0.25) is 0 Å². The number of halogens is 1. The van der Waals surface area contributed by atoms with Crippen LogP contribution in [0.4, 0.5) is 10.1 Å². The molecule has 2 aromatic carbocycles. The Morgan fingerprint density at radius 3 is 2.88 bits per heavy atom. The van der Waals surface area contributed by atoms with Crippen LogP contribution in [-0.4, -0.2) is 18.1 Å². The summed E-state index contributed by atoms with van der Waals surface area (Å²) in [5.74, 6) is 0.316. The number of carbonyl (C=O) groups excluding carboxylic acids is 1. The number of amides is 1. The molecule has 3 rings (SSSR count). The summed E-state index contributed by atoms with van der Waals surface area (Å²) in [5, 5.41) is 2.51.